The molecular formula is C32H56. The monoisotopic (exact) mass is 440 g/mol. The lowest BCUT2D eigenvalue weighted by Crippen LogP contribution is -2.63. The zero-order chi connectivity index (χ0) is 22.9. The first-order valence-corrected chi connectivity index (χ1v) is 15.1. The fourth-order valence-electron chi connectivity index (χ4n) is 12.0. The van der Waals surface area contributed by atoms with Crippen LogP contribution in [0.4, 0.5) is 0 Å². The molecule has 5 aliphatic rings. The van der Waals surface area contributed by atoms with Crippen molar-refractivity contribution in [2.24, 2.45) is 63.1 Å². The molecule has 0 heteroatoms. The van der Waals surface area contributed by atoms with Crippen molar-refractivity contribution >= 4 is 0 Å². The maximum absolute atomic E-state index is 2.83. The van der Waals surface area contributed by atoms with E-state index in [1.807, 2.05) is 0 Å². The third-order valence-electron chi connectivity index (χ3n) is 13.9. The van der Waals surface area contributed by atoms with Crippen molar-refractivity contribution in [2.75, 3.05) is 0 Å². The number of fused-ring (bicyclic) bond motifs is 7. The van der Waals surface area contributed by atoms with E-state index < -0.39 is 0 Å². The van der Waals surface area contributed by atoms with E-state index in [1.54, 1.807) is 38.5 Å². The second kappa shape index (κ2) is 8.01. The van der Waals surface area contributed by atoms with Crippen molar-refractivity contribution < 1.29 is 0 Å². The first-order chi connectivity index (χ1) is 15.1. The molecule has 0 saturated heterocycles. The molecule has 5 fully saturated rings. The van der Waals surface area contributed by atoms with E-state index in [4.69, 9.17) is 0 Å². The number of hydrogen-bond acceptors (Lipinski definition) is 0. The lowest BCUT2D eigenvalue weighted by Gasteiger charge is -2.70. The Balaban J connectivity index is 1.41. The summed E-state index contributed by atoms with van der Waals surface area (Å²) in [6, 6.07) is 0. The normalized spacial score (nSPS) is 53.0. The predicted octanol–water partition coefficient (Wildman–Crippen LogP) is 9.91. The number of hydrogen-bond donors (Lipinski definition) is 0. The van der Waals surface area contributed by atoms with E-state index in [1.165, 1.54) is 51.4 Å². The maximum Gasteiger partial charge on any atom is -0.0235 e. The Labute approximate surface area is 201 Å². The standard InChI is InChI=1S/C32H56/c1-8-9-11-22(2)23-15-19-30(5)26(23)17-21-32(7)28(30)14-13-27-24-12-10-18-29(3,4)25(24)16-20-31(27,32)6/h22-28H,8-21H2,1-7H3/t22-,23+,24?,25?,26+,27?,28?,30-,31+,32+/m0/s1. The molecule has 0 aromatic carbocycles. The molecule has 5 aliphatic carbocycles. The highest BCUT2D eigenvalue weighted by Gasteiger charge is 2.68. The number of unbranched alkanes of at least 4 members (excludes halogenated alkanes) is 1. The van der Waals surface area contributed by atoms with E-state index in [0.29, 0.717) is 21.7 Å². The highest BCUT2D eigenvalue weighted by Crippen LogP contribution is 2.76. The first kappa shape index (κ1) is 23.7. The van der Waals surface area contributed by atoms with Crippen LogP contribution in [0.3, 0.4) is 0 Å². The van der Waals surface area contributed by atoms with Gasteiger partial charge in [-0.25, -0.2) is 0 Å². The predicted molar refractivity (Wildman–Crippen MR) is 139 cm³/mol. The van der Waals surface area contributed by atoms with Gasteiger partial charge < -0.3 is 0 Å². The van der Waals surface area contributed by atoms with Gasteiger partial charge in [0, 0.05) is 0 Å². The van der Waals surface area contributed by atoms with Crippen LogP contribution >= 0.6 is 0 Å². The Hall–Kier alpha value is 0. The molecule has 5 saturated carbocycles. The SMILES string of the molecule is CCCC[C@H](C)[C@H]1CC[C@]2(C)C3CCC4C5CCCC(C)(C)C5CC[C@@]4(C)[C@]3(C)CC[C@H]12. The molecule has 0 heterocycles. The molecule has 5 rings (SSSR count). The summed E-state index contributed by atoms with van der Waals surface area (Å²) < 4.78 is 0. The van der Waals surface area contributed by atoms with Crippen LogP contribution in [0.1, 0.15) is 138 Å². The van der Waals surface area contributed by atoms with Gasteiger partial charge in [-0.3, -0.25) is 0 Å². The van der Waals surface area contributed by atoms with Crippen LogP contribution in [0.25, 0.3) is 0 Å². The van der Waals surface area contributed by atoms with Crippen molar-refractivity contribution in [3.63, 3.8) is 0 Å². The Morgan fingerprint density at radius 3 is 2.19 bits per heavy atom. The minimum atomic E-state index is 0.593. The summed E-state index contributed by atoms with van der Waals surface area (Å²) in [5, 5.41) is 0. The Morgan fingerprint density at radius 2 is 1.44 bits per heavy atom. The Morgan fingerprint density at radius 1 is 0.719 bits per heavy atom. The smallest absolute Gasteiger partial charge is 0.0235 e. The minimum Gasteiger partial charge on any atom is -0.0654 e. The summed E-state index contributed by atoms with van der Waals surface area (Å²) in [6.45, 7) is 18.7. The van der Waals surface area contributed by atoms with E-state index in [9.17, 15) is 0 Å². The zero-order valence-corrected chi connectivity index (χ0v) is 22.9. The van der Waals surface area contributed by atoms with Gasteiger partial charge in [0.2, 0.25) is 0 Å². The molecule has 4 unspecified atom stereocenters. The van der Waals surface area contributed by atoms with Gasteiger partial charge in [0.1, 0.15) is 0 Å². The third kappa shape index (κ3) is 3.19. The average Bonchev–Trinajstić information content (AvgIpc) is 3.09. The van der Waals surface area contributed by atoms with Crippen molar-refractivity contribution in [3.05, 3.63) is 0 Å². The van der Waals surface area contributed by atoms with Crippen molar-refractivity contribution in [1.29, 1.82) is 0 Å². The topological polar surface area (TPSA) is 0 Å². The molecule has 0 bridgehead atoms. The summed E-state index contributed by atoms with van der Waals surface area (Å²) >= 11 is 0. The van der Waals surface area contributed by atoms with Crippen molar-refractivity contribution in [2.45, 2.75) is 138 Å². The molecule has 32 heavy (non-hydrogen) atoms. The van der Waals surface area contributed by atoms with Gasteiger partial charge in [-0.2, -0.15) is 0 Å². The molecule has 0 radical (unpaired) electrons. The van der Waals surface area contributed by atoms with E-state index in [-0.39, 0.29) is 0 Å². The Kier molecular flexibility index (Phi) is 5.94. The highest BCUT2D eigenvalue weighted by atomic mass is 14.7. The van der Waals surface area contributed by atoms with Crippen LogP contribution in [0, 0.1) is 63.1 Å². The molecule has 10 atom stereocenters. The second-order valence-electron chi connectivity index (χ2n) is 15.2. The van der Waals surface area contributed by atoms with Crippen LogP contribution in [-0.4, -0.2) is 0 Å². The third-order valence-corrected chi connectivity index (χ3v) is 13.9. The van der Waals surface area contributed by atoms with E-state index in [0.717, 1.165) is 41.4 Å². The summed E-state index contributed by atoms with van der Waals surface area (Å²) in [5.74, 6) is 7.06. The summed E-state index contributed by atoms with van der Waals surface area (Å²) in [4.78, 5) is 0. The molecule has 0 N–H and O–H groups in total. The van der Waals surface area contributed by atoms with E-state index >= 15 is 0 Å². The first-order valence-electron chi connectivity index (χ1n) is 15.1. The molecule has 0 aromatic rings. The molecule has 0 nitrogen and oxygen atoms in total. The molecule has 0 amide bonds. The quantitative estimate of drug-likeness (QED) is 0.408. The Bertz CT molecular complexity index is 690. The van der Waals surface area contributed by atoms with Crippen LogP contribution < -0.4 is 0 Å². The second-order valence-corrected chi connectivity index (χ2v) is 15.2. The van der Waals surface area contributed by atoms with Crippen molar-refractivity contribution in [3.8, 4) is 0 Å². The fraction of sp³-hybridized carbons (Fsp3) is 1.00. The summed E-state index contributed by atoms with van der Waals surface area (Å²) in [7, 11) is 0. The maximum atomic E-state index is 2.83. The molecular weight excluding hydrogens is 384 g/mol. The van der Waals surface area contributed by atoms with Crippen LogP contribution in [0.2, 0.25) is 0 Å². The summed E-state index contributed by atoms with van der Waals surface area (Å²) in [5.41, 5.74) is 2.42. The molecule has 184 valence electrons. The molecule has 0 spiro atoms. The average molecular weight is 441 g/mol. The fourth-order valence-corrected chi connectivity index (χ4v) is 12.0. The van der Waals surface area contributed by atoms with Crippen molar-refractivity contribution in [1.82, 2.24) is 0 Å². The molecule has 0 aromatic heterocycles. The van der Waals surface area contributed by atoms with Gasteiger partial charge in [0.25, 0.3) is 0 Å². The van der Waals surface area contributed by atoms with E-state index in [2.05, 4.69) is 48.5 Å². The summed E-state index contributed by atoms with van der Waals surface area (Å²) in [6.07, 6.45) is 21.2. The van der Waals surface area contributed by atoms with Gasteiger partial charge in [0.15, 0.2) is 0 Å². The lowest BCUT2D eigenvalue weighted by atomic mass is 9.34. The van der Waals surface area contributed by atoms with Gasteiger partial charge in [0.05, 0.1) is 0 Å². The van der Waals surface area contributed by atoms with Crippen LogP contribution in [0.15, 0.2) is 0 Å². The zero-order valence-electron chi connectivity index (χ0n) is 22.9. The highest BCUT2D eigenvalue weighted by molar-refractivity contribution is 5.17. The van der Waals surface area contributed by atoms with Crippen LogP contribution in [-0.2, 0) is 0 Å². The van der Waals surface area contributed by atoms with Crippen LogP contribution in [0.5, 0.6) is 0 Å². The number of rotatable bonds is 4. The van der Waals surface area contributed by atoms with Gasteiger partial charge in [-0.05, 0) is 127 Å². The largest absolute Gasteiger partial charge is 0.0654 e. The van der Waals surface area contributed by atoms with Gasteiger partial charge >= 0.3 is 0 Å². The molecule has 0 aliphatic heterocycles. The van der Waals surface area contributed by atoms with Gasteiger partial charge in [-0.1, -0.05) is 74.1 Å². The lowest BCUT2D eigenvalue weighted by molar-refractivity contribution is -0.216. The minimum absolute atomic E-state index is 0.593. The van der Waals surface area contributed by atoms with Gasteiger partial charge in [-0.15, -0.1) is 0 Å².